The van der Waals surface area contributed by atoms with Crippen LogP contribution in [-0.2, 0) is 31.5 Å². The van der Waals surface area contributed by atoms with Crippen LogP contribution in [0.2, 0.25) is 15.1 Å². The largest absolute Gasteiger partial charge is 0.465 e. The fraction of sp³-hybridized carbons (Fsp3) is 0.100. The van der Waals surface area contributed by atoms with Crippen molar-refractivity contribution in [2.24, 2.45) is 4.99 Å². The van der Waals surface area contributed by atoms with E-state index in [1.54, 1.807) is 77.5 Å². The second kappa shape index (κ2) is 14.9. The van der Waals surface area contributed by atoms with Crippen LogP contribution in [0.4, 0.5) is 14.7 Å². The van der Waals surface area contributed by atoms with E-state index in [0.29, 0.717) is 48.2 Å². The van der Waals surface area contributed by atoms with E-state index in [0.717, 1.165) is 5.56 Å². The molecule has 0 aliphatic rings. The highest BCUT2D eigenvalue weighted by Gasteiger charge is 2.29. The molecule has 4 aromatic carbocycles. The van der Waals surface area contributed by atoms with E-state index in [1.807, 2.05) is 6.07 Å². The molecule has 0 amide bonds. The van der Waals surface area contributed by atoms with Gasteiger partial charge in [-0.2, -0.15) is 5.10 Å². The van der Waals surface area contributed by atoms with Gasteiger partial charge in [0.2, 0.25) is 4.80 Å². The quantitative estimate of drug-likeness (QED) is 0.0987. The topological polar surface area (TPSA) is 101 Å². The number of esters is 1. The standard InChI is InChI=1S/C30H21Cl3F2N3O6PS/c1-41-29(39)20-5-3-7-24(14-20)42-23-6-2-4-19(13-23)28-37-38(30(46-28)36-22-10-11-25(31)27(33)15-22)16-18-8-9-21(26(32)12-18)17-45(40,43-34)44-35/h2-15H,16-17H2,1H3. The Hall–Kier alpha value is -3.61. The summed E-state index contributed by atoms with van der Waals surface area (Å²) in [6.45, 7) is 0.185. The number of carbonyl (C=O) groups is 1. The molecule has 46 heavy (non-hydrogen) atoms. The first-order valence-electron chi connectivity index (χ1n) is 13.1. The van der Waals surface area contributed by atoms with Crippen molar-refractivity contribution in [2.75, 3.05) is 7.11 Å². The van der Waals surface area contributed by atoms with Crippen molar-refractivity contribution in [1.82, 2.24) is 9.78 Å². The molecule has 9 nitrogen and oxygen atoms in total. The molecule has 238 valence electrons. The molecule has 0 radical (unpaired) electrons. The maximum atomic E-state index is 12.6. The number of ether oxygens (including phenoxy) is 2. The molecule has 0 N–H and O–H groups in total. The van der Waals surface area contributed by atoms with Gasteiger partial charge in [-0.25, -0.2) is 14.5 Å². The molecule has 0 atom stereocenters. The lowest BCUT2D eigenvalue weighted by atomic mass is 10.1. The van der Waals surface area contributed by atoms with Gasteiger partial charge < -0.3 is 9.47 Å². The number of halogens is 5. The zero-order valence-electron chi connectivity index (χ0n) is 23.5. The number of methoxy groups -OCH3 is 1. The van der Waals surface area contributed by atoms with Crippen LogP contribution in [0.3, 0.4) is 0 Å². The van der Waals surface area contributed by atoms with Gasteiger partial charge in [0.25, 0.3) is 0 Å². The number of benzene rings is 4. The monoisotopic (exact) mass is 725 g/mol. The summed E-state index contributed by atoms with van der Waals surface area (Å²) < 4.78 is 55.9. The molecule has 1 aromatic heterocycles. The lowest BCUT2D eigenvalue weighted by Crippen LogP contribution is -2.17. The molecule has 1 heterocycles. The maximum Gasteiger partial charge on any atom is 0.399 e. The summed E-state index contributed by atoms with van der Waals surface area (Å²) in [6.07, 6.45) is -0.712. The molecule has 0 saturated heterocycles. The number of carbonyl (C=O) groups excluding carboxylic acids is 1. The van der Waals surface area contributed by atoms with Gasteiger partial charge in [-0.3, -0.25) is 4.57 Å². The number of hydrogen-bond donors (Lipinski definition) is 0. The van der Waals surface area contributed by atoms with E-state index in [4.69, 9.17) is 54.4 Å². The summed E-state index contributed by atoms with van der Waals surface area (Å²) in [7, 11) is -3.33. The van der Waals surface area contributed by atoms with Crippen molar-refractivity contribution in [2.45, 2.75) is 12.7 Å². The Bertz CT molecular complexity index is 2020. The smallest absolute Gasteiger partial charge is 0.399 e. The van der Waals surface area contributed by atoms with Gasteiger partial charge in [0.1, 0.15) is 16.5 Å². The van der Waals surface area contributed by atoms with Gasteiger partial charge in [0, 0.05) is 10.6 Å². The van der Waals surface area contributed by atoms with E-state index in [-0.39, 0.29) is 17.1 Å². The third-order valence-electron chi connectivity index (χ3n) is 6.34. The van der Waals surface area contributed by atoms with Crippen LogP contribution in [0.15, 0.2) is 89.9 Å². The summed E-state index contributed by atoms with van der Waals surface area (Å²) in [4.78, 5) is 17.2. The summed E-state index contributed by atoms with van der Waals surface area (Å²) in [5.74, 6) is 0.457. The Morgan fingerprint density at radius 2 is 1.65 bits per heavy atom. The van der Waals surface area contributed by atoms with Gasteiger partial charge in [0.15, 0.2) is 0 Å². The summed E-state index contributed by atoms with van der Waals surface area (Å²) >= 11 is 19.9. The van der Waals surface area contributed by atoms with E-state index in [9.17, 15) is 18.4 Å². The van der Waals surface area contributed by atoms with Gasteiger partial charge in [-0.15, -0.1) is 9.46 Å². The predicted molar refractivity (Wildman–Crippen MR) is 171 cm³/mol. The predicted octanol–water partition coefficient (Wildman–Crippen LogP) is 9.93. The Morgan fingerprint density at radius 3 is 2.35 bits per heavy atom. The fourth-order valence-electron chi connectivity index (χ4n) is 4.17. The maximum absolute atomic E-state index is 12.6. The highest BCUT2D eigenvalue weighted by molar-refractivity contribution is 7.52. The lowest BCUT2D eigenvalue weighted by Gasteiger charge is -2.10. The van der Waals surface area contributed by atoms with Crippen molar-refractivity contribution in [3.8, 4) is 22.1 Å². The minimum atomic E-state index is -4.63. The van der Waals surface area contributed by atoms with Crippen molar-refractivity contribution < 1.29 is 37.3 Å². The van der Waals surface area contributed by atoms with Crippen LogP contribution < -0.4 is 9.54 Å². The first kappa shape index (κ1) is 33.7. The molecule has 0 bridgehead atoms. The molecule has 5 aromatic rings. The second-order valence-corrected chi connectivity index (χ2v) is 13.5. The third kappa shape index (κ3) is 8.21. The highest BCUT2D eigenvalue weighted by Crippen LogP contribution is 2.53. The lowest BCUT2D eigenvalue weighted by molar-refractivity contribution is -0.0881. The summed E-state index contributed by atoms with van der Waals surface area (Å²) in [6, 6.07) is 23.4. The van der Waals surface area contributed by atoms with Gasteiger partial charge >= 0.3 is 13.6 Å². The third-order valence-corrected chi connectivity index (χ3v) is 9.58. The van der Waals surface area contributed by atoms with Crippen molar-refractivity contribution in [3.63, 3.8) is 0 Å². The number of aromatic nitrogens is 2. The minimum absolute atomic E-state index is 0.0898. The normalized spacial score (nSPS) is 11.9. The Morgan fingerprint density at radius 1 is 0.913 bits per heavy atom. The Balaban J connectivity index is 1.49. The SMILES string of the molecule is COC(=O)c1cccc(Oc2cccc(-c3nn(Cc4ccc(CP(=O)(OF)OF)c(Cl)c4)c(=Nc4ccc(Cl)c(Cl)c4)s3)c2)c1. The molecule has 0 aliphatic carbocycles. The van der Waals surface area contributed by atoms with Crippen LogP contribution in [-0.4, -0.2) is 22.9 Å². The van der Waals surface area contributed by atoms with Gasteiger partial charge in [-0.1, -0.05) is 76.5 Å². The fourth-order valence-corrected chi connectivity index (χ4v) is 6.56. The van der Waals surface area contributed by atoms with Crippen molar-refractivity contribution in [3.05, 3.63) is 121 Å². The van der Waals surface area contributed by atoms with Gasteiger partial charge in [-0.05, 0) is 74.8 Å². The first-order chi connectivity index (χ1) is 22.1. The van der Waals surface area contributed by atoms with Crippen molar-refractivity contribution >= 4 is 65.4 Å². The van der Waals surface area contributed by atoms with Crippen LogP contribution in [0.1, 0.15) is 21.5 Å². The number of nitrogens with zero attached hydrogens (tertiary/aromatic N) is 3. The highest BCUT2D eigenvalue weighted by atomic mass is 35.5. The van der Waals surface area contributed by atoms with Crippen LogP contribution >= 0.6 is 53.7 Å². The zero-order valence-corrected chi connectivity index (χ0v) is 27.5. The van der Waals surface area contributed by atoms with Crippen LogP contribution in [0.5, 0.6) is 11.5 Å². The molecular weight excluding hydrogens is 706 g/mol. The first-order valence-corrected chi connectivity index (χ1v) is 16.8. The van der Waals surface area contributed by atoms with Crippen LogP contribution in [0, 0.1) is 0 Å². The average molecular weight is 727 g/mol. The molecular formula is C30H21Cl3F2N3O6PS. The average Bonchev–Trinajstić information content (AvgIpc) is 3.45. The molecule has 0 spiro atoms. The minimum Gasteiger partial charge on any atom is -0.465 e. The summed E-state index contributed by atoms with van der Waals surface area (Å²) in [5, 5.41) is 6.18. The molecule has 0 fully saturated rings. The van der Waals surface area contributed by atoms with Gasteiger partial charge in [0.05, 0.1) is 41.1 Å². The molecule has 16 heteroatoms. The van der Waals surface area contributed by atoms with E-state index in [2.05, 4.69) is 9.46 Å². The Kier molecular flexibility index (Phi) is 10.9. The van der Waals surface area contributed by atoms with E-state index >= 15 is 0 Å². The number of hydrogen-bond acceptors (Lipinski definition) is 9. The molecule has 0 aliphatic heterocycles. The van der Waals surface area contributed by atoms with Crippen LogP contribution in [0.25, 0.3) is 10.6 Å². The zero-order chi connectivity index (χ0) is 32.8. The summed E-state index contributed by atoms with van der Waals surface area (Å²) in [5.41, 5.74) is 2.41. The van der Waals surface area contributed by atoms with Crippen molar-refractivity contribution in [1.29, 1.82) is 0 Å². The second-order valence-electron chi connectivity index (χ2n) is 9.54. The van der Waals surface area contributed by atoms with E-state index in [1.165, 1.54) is 24.5 Å². The molecule has 5 rings (SSSR count). The number of rotatable bonds is 11. The Labute approximate surface area is 279 Å². The van der Waals surface area contributed by atoms with E-state index < -0.39 is 19.7 Å². The molecule has 0 saturated carbocycles. The molecule has 0 unspecified atom stereocenters.